The van der Waals surface area contributed by atoms with E-state index in [-0.39, 0.29) is 11.4 Å². The Labute approximate surface area is 120 Å². The van der Waals surface area contributed by atoms with Gasteiger partial charge in [0.15, 0.2) is 0 Å². The van der Waals surface area contributed by atoms with Crippen LogP contribution in [-0.2, 0) is 11.2 Å². The molecule has 2 rings (SSSR count). The number of rotatable bonds is 6. The monoisotopic (exact) mass is 276 g/mol. The van der Waals surface area contributed by atoms with Crippen molar-refractivity contribution in [2.75, 3.05) is 20.2 Å². The summed E-state index contributed by atoms with van der Waals surface area (Å²) in [6.45, 7) is 3.69. The summed E-state index contributed by atoms with van der Waals surface area (Å²) in [7, 11) is 1.66. The largest absolute Gasteiger partial charge is 0.497 e. The highest BCUT2D eigenvalue weighted by atomic mass is 16.5. The fourth-order valence-corrected chi connectivity index (χ4v) is 2.74. The van der Waals surface area contributed by atoms with E-state index < -0.39 is 0 Å². The number of carbonyl (C=O) groups excluding carboxylic acids is 1. The molecule has 1 aliphatic heterocycles. The molecule has 4 nitrogen and oxygen atoms in total. The van der Waals surface area contributed by atoms with Gasteiger partial charge in [0, 0.05) is 6.54 Å². The standard InChI is InChI=1S/C16H24N2O2/c1-3-16(10-4-11-18-16)15(19)17-12-9-13-5-7-14(20-2)8-6-13/h5-8,18H,3-4,9-12H2,1-2H3,(H,17,19). The smallest absolute Gasteiger partial charge is 0.240 e. The molecule has 0 spiro atoms. The van der Waals surface area contributed by atoms with Crippen molar-refractivity contribution < 1.29 is 9.53 Å². The minimum Gasteiger partial charge on any atom is -0.497 e. The van der Waals surface area contributed by atoms with Gasteiger partial charge in [0.1, 0.15) is 5.75 Å². The zero-order valence-corrected chi connectivity index (χ0v) is 12.4. The molecule has 1 fully saturated rings. The van der Waals surface area contributed by atoms with Gasteiger partial charge in [-0.2, -0.15) is 0 Å². The van der Waals surface area contributed by atoms with Crippen LogP contribution in [0.15, 0.2) is 24.3 Å². The molecule has 1 amide bonds. The lowest BCUT2D eigenvalue weighted by atomic mass is 9.93. The SMILES string of the molecule is CCC1(C(=O)NCCc2ccc(OC)cc2)CCCN1. The van der Waals surface area contributed by atoms with Crippen molar-refractivity contribution in [1.29, 1.82) is 0 Å². The molecule has 1 atom stereocenters. The number of hydrogen-bond donors (Lipinski definition) is 2. The summed E-state index contributed by atoms with van der Waals surface area (Å²) in [4.78, 5) is 12.3. The number of methoxy groups -OCH3 is 1. The van der Waals surface area contributed by atoms with Gasteiger partial charge in [-0.3, -0.25) is 4.79 Å². The van der Waals surface area contributed by atoms with E-state index in [1.54, 1.807) is 7.11 Å². The number of amides is 1. The minimum atomic E-state index is -0.333. The third kappa shape index (κ3) is 3.31. The van der Waals surface area contributed by atoms with Gasteiger partial charge in [-0.1, -0.05) is 19.1 Å². The van der Waals surface area contributed by atoms with Crippen molar-refractivity contribution in [3.05, 3.63) is 29.8 Å². The quantitative estimate of drug-likeness (QED) is 0.834. The maximum atomic E-state index is 12.3. The Balaban J connectivity index is 1.81. The third-order valence-corrected chi connectivity index (χ3v) is 4.14. The second-order valence-corrected chi connectivity index (χ2v) is 5.32. The first-order valence-electron chi connectivity index (χ1n) is 7.36. The number of carbonyl (C=O) groups is 1. The molecule has 0 aliphatic carbocycles. The second-order valence-electron chi connectivity index (χ2n) is 5.32. The molecule has 1 aromatic rings. The van der Waals surface area contributed by atoms with Gasteiger partial charge in [0.2, 0.25) is 5.91 Å². The number of hydrogen-bond acceptors (Lipinski definition) is 3. The Morgan fingerprint density at radius 2 is 2.15 bits per heavy atom. The van der Waals surface area contributed by atoms with E-state index in [0.717, 1.165) is 38.0 Å². The van der Waals surface area contributed by atoms with E-state index in [1.807, 2.05) is 24.3 Å². The lowest BCUT2D eigenvalue weighted by Crippen LogP contribution is -2.53. The predicted molar refractivity (Wildman–Crippen MR) is 80.0 cm³/mol. The Hall–Kier alpha value is -1.55. The first kappa shape index (κ1) is 14.9. The maximum absolute atomic E-state index is 12.3. The van der Waals surface area contributed by atoms with E-state index >= 15 is 0 Å². The van der Waals surface area contributed by atoms with Crippen LogP contribution in [0.4, 0.5) is 0 Å². The molecule has 0 radical (unpaired) electrons. The van der Waals surface area contributed by atoms with E-state index in [9.17, 15) is 4.79 Å². The third-order valence-electron chi connectivity index (χ3n) is 4.14. The topological polar surface area (TPSA) is 50.4 Å². The van der Waals surface area contributed by atoms with Gasteiger partial charge in [0.25, 0.3) is 0 Å². The summed E-state index contributed by atoms with van der Waals surface area (Å²) in [5, 5.41) is 6.42. The summed E-state index contributed by atoms with van der Waals surface area (Å²) in [6.07, 6.45) is 3.72. The van der Waals surface area contributed by atoms with Gasteiger partial charge >= 0.3 is 0 Å². The Bertz CT molecular complexity index is 436. The molecule has 1 aromatic carbocycles. The van der Waals surface area contributed by atoms with E-state index in [0.29, 0.717) is 6.54 Å². The molecule has 4 heteroatoms. The molecule has 110 valence electrons. The van der Waals surface area contributed by atoms with Crippen molar-refractivity contribution in [3.63, 3.8) is 0 Å². The molecule has 0 saturated carbocycles. The van der Waals surface area contributed by atoms with Crippen molar-refractivity contribution >= 4 is 5.91 Å². The summed E-state index contributed by atoms with van der Waals surface area (Å²) in [5.74, 6) is 1.00. The fraction of sp³-hybridized carbons (Fsp3) is 0.562. The van der Waals surface area contributed by atoms with Crippen LogP contribution in [0.1, 0.15) is 31.7 Å². The highest BCUT2D eigenvalue weighted by molar-refractivity contribution is 5.86. The highest BCUT2D eigenvalue weighted by Crippen LogP contribution is 2.23. The molecule has 1 heterocycles. The van der Waals surface area contributed by atoms with Gasteiger partial charge in [-0.15, -0.1) is 0 Å². The van der Waals surface area contributed by atoms with Crippen molar-refractivity contribution in [2.45, 2.75) is 38.1 Å². The average Bonchev–Trinajstić information content (AvgIpc) is 2.98. The van der Waals surface area contributed by atoms with Crippen LogP contribution in [0.3, 0.4) is 0 Å². The molecule has 2 N–H and O–H groups in total. The number of benzene rings is 1. The summed E-state index contributed by atoms with van der Waals surface area (Å²) in [5.41, 5.74) is 0.871. The summed E-state index contributed by atoms with van der Waals surface area (Å²) >= 11 is 0. The van der Waals surface area contributed by atoms with Gasteiger partial charge in [0.05, 0.1) is 12.6 Å². The molecule has 1 aliphatic rings. The number of nitrogens with one attached hydrogen (secondary N) is 2. The Morgan fingerprint density at radius 3 is 2.70 bits per heavy atom. The molecule has 0 bridgehead atoms. The normalized spacial score (nSPS) is 21.7. The van der Waals surface area contributed by atoms with Crippen molar-refractivity contribution in [2.24, 2.45) is 0 Å². The Kier molecular flexibility index (Phi) is 5.01. The van der Waals surface area contributed by atoms with E-state index in [1.165, 1.54) is 5.56 Å². The van der Waals surface area contributed by atoms with Gasteiger partial charge < -0.3 is 15.4 Å². The lowest BCUT2D eigenvalue weighted by molar-refractivity contribution is -0.127. The second kappa shape index (κ2) is 6.75. The van der Waals surface area contributed by atoms with Crippen LogP contribution >= 0.6 is 0 Å². The fourth-order valence-electron chi connectivity index (χ4n) is 2.74. The maximum Gasteiger partial charge on any atom is 0.240 e. The molecule has 20 heavy (non-hydrogen) atoms. The van der Waals surface area contributed by atoms with Crippen LogP contribution in [0.25, 0.3) is 0 Å². The predicted octanol–water partition coefficient (Wildman–Crippen LogP) is 1.89. The van der Waals surface area contributed by atoms with Crippen molar-refractivity contribution in [3.8, 4) is 5.75 Å². The minimum absolute atomic E-state index is 0.144. The van der Waals surface area contributed by atoms with Crippen LogP contribution in [0.5, 0.6) is 5.75 Å². The zero-order valence-electron chi connectivity index (χ0n) is 12.4. The van der Waals surface area contributed by atoms with E-state index in [2.05, 4.69) is 17.6 Å². The molecule has 1 unspecified atom stereocenters. The Morgan fingerprint density at radius 1 is 1.40 bits per heavy atom. The van der Waals surface area contributed by atoms with Crippen LogP contribution in [-0.4, -0.2) is 31.6 Å². The molecule has 1 saturated heterocycles. The summed E-state index contributed by atoms with van der Waals surface area (Å²) in [6, 6.07) is 7.97. The van der Waals surface area contributed by atoms with Gasteiger partial charge in [-0.25, -0.2) is 0 Å². The highest BCUT2D eigenvalue weighted by Gasteiger charge is 2.38. The molecule has 0 aromatic heterocycles. The van der Waals surface area contributed by atoms with Crippen LogP contribution in [0, 0.1) is 0 Å². The molecular formula is C16H24N2O2. The van der Waals surface area contributed by atoms with Crippen LogP contribution in [0.2, 0.25) is 0 Å². The van der Waals surface area contributed by atoms with Crippen molar-refractivity contribution in [1.82, 2.24) is 10.6 Å². The van der Waals surface area contributed by atoms with Crippen LogP contribution < -0.4 is 15.4 Å². The zero-order chi connectivity index (χ0) is 14.4. The lowest BCUT2D eigenvalue weighted by Gasteiger charge is -2.26. The molecular weight excluding hydrogens is 252 g/mol. The number of ether oxygens (including phenoxy) is 1. The average molecular weight is 276 g/mol. The summed E-state index contributed by atoms with van der Waals surface area (Å²) < 4.78 is 5.13. The van der Waals surface area contributed by atoms with E-state index in [4.69, 9.17) is 4.74 Å². The first-order chi connectivity index (χ1) is 9.70. The first-order valence-corrected chi connectivity index (χ1v) is 7.36. The van der Waals surface area contributed by atoms with Gasteiger partial charge in [-0.05, 0) is 49.9 Å².